The molecule has 2 saturated heterocycles. The molecule has 5 heteroatoms. The van der Waals surface area contributed by atoms with Gasteiger partial charge in [-0.25, -0.2) is 0 Å². The fraction of sp³-hybridized carbons (Fsp3) is 1.00. The fourth-order valence-corrected chi connectivity index (χ4v) is 3.14. The first-order valence-corrected chi connectivity index (χ1v) is 6.13. The van der Waals surface area contributed by atoms with Crippen LogP contribution in [-0.4, -0.2) is 41.3 Å². The Balaban J connectivity index is 1.75. The number of hydrogen-bond acceptors (Lipinski definition) is 5. The van der Waals surface area contributed by atoms with Crippen LogP contribution in [-0.2, 0) is 18.9 Å². The van der Waals surface area contributed by atoms with E-state index in [2.05, 4.69) is 0 Å². The van der Waals surface area contributed by atoms with Crippen LogP contribution in [0.15, 0.2) is 0 Å². The van der Waals surface area contributed by atoms with E-state index in [1.165, 1.54) is 0 Å². The molecule has 0 aromatic carbocycles. The topological polar surface area (TPSA) is 57.2 Å². The third-order valence-corrected chi connectivity index (χ3v) is 3.70. The van der Waals surface area contributed by atoms with Gasteiger partial charge in [0.1, 0.15) is 0 Å². The van der Waals surface area contributed by atoms with Crippen molar-refractivity contribution < 1.29 is 24.1 Å². The number of aliphatic hydroxyl groups is 1. The molecule has 5 nitrogen and oxygen atoms in total. The lowest BCUT2D eigenvalue weighted by Crippen LogP contribution is -2.72. The van der Waals surface area contributed by atoms with Gasteiger partial charge in [-0.3, -0.25) is 0 Å². The zero-order valence-electron chi connectivity index (χ0n) is 10.7. The van der Waals surface area contributed by atoms with Gasteiger partial charge in [-0.15, -0.1) is 0 Å². The van der Waals surface area contributed by atoms with Crippen molar-refractivity contribution in [2.24, 2.45) is 5.92 Å². The maximum atomic E-state index is 10.4. The summed E-state index contributed by atoms with van der Waals surface area (Å²) in [5, 5.41) is 10.4. The molecule has 1 aliphatic carbocycles. The molecule has 0 spiro atoms. The highest BCUT2D eigenvalue weighted by atomic mass is 16.8. The van der Waals surface area contributed by atoms with Crippen LogP contribution < -0.4 is 0 Å². The van der Waals surface area contributed by atoms with E-state index in [0.29, 0.717) is 13.0 Å². The summed E-state index contributed by atoms with van der Waals surface area (Å²) in [7, 11) is 0. The van der Waals surface area contributed by atoms with Gasteiger partial charge in [-0.05, 0) is 27.7 Å². The Morgan fingerprint density at radius 1 is 1.00 bits per heavy atom. The first kappa shape index (κ1) is 11.9. The Kier molecular flexibility index (Phi) is 2.25. The van der Waals surface area contributed by atoms with Crippen molar-refractivity contribution in [1.82, 2.24) is 0 Å². The first-order chi connectivity index (χ1) is 7.71. The van der Waals surface area contributed by atoms with Gasteiger partial charge < -0.3 is 24.1 Å². The molecule has 2 bridgehead atoms. The molecular weight excluding hydrogens is 224 g/mol. The number of rotatable bonds is 1. The average molecular weight is 244 g/mol. The number of hydrogen-bond donors (Lipinski definition) is 1. The minimum Gasteiger partial charge on any atom is -0.365 e. The molecule has 3 rings (SSSR count). The molecular formula is C12H20O5. The molecule has 0 aromatic rings. The number of fused-ring (bicyclic) bond motifs is 2. The van der Waals surface area contributed by atoms with Crippen molar-refractivity contribution >= 4 is 0 Å². The molecule has 98 valence electrons. The van der Waals surface area contributed by atoms with Crippen molar-refractivity contribution in [3.05, 3.63) is 0 Å². The van der Waals surface area contributed by atoms with Crippen LogP contribution in [0.4, 0.5) is 0 Å². The Bertz CT molecular complexity index is 340. The Hall–Kier alpha value is -0.200. The van der Waals surface area contributed by atoms with Crippen LogP contribution in [0, 0.1) is 5.92 Å². The van der Waals surface area contributed by atoms with Gasteiger partial charge in [0.05, 0.1) is 24.7 Å². The van der Waals surface area contributed by atoms with E-state index in [4.69, 9.17) is 18.9 Å². The lowest BCUT2D eigenvalue weighted by atomic mass is 9.70. The second kappa shape index (κ2) is 3.22. The first-order valence-electron chi connectivity index (χ1n) is 6.13. The highest BCUT2D eigenvalue weighted by Crippen LogP contribution is 2.53. The molecule has 2 heterocycles. The minimum atomic E-state index is -1.12. The van der Waals surface area contributed by atoms with E-state index < -0.39 is 17.4 Å². The highest BCUT2D eigenvalue weighted by molar-refractivity contribution is 5.06. The van der Waals surface area contributed by atoms with Gasteiger partial charge in [-0.2, -0.15) is 0 Å². The molecule has 1 N–H and O–H groups in total. The molecule has 0 amide bonds. The molecule has 0 aromatic heterocycles. The SMILES string of the molecule is CC1(C)OCC(C2C3CC2(O)OC(C)(C)O3)O1. The molecule has 3 fully saturated rings. The predicted molar refractivity (Wildman–Crippen MR) is 58.0 cm³/mol. The van der Waals surface area contributed by atoms with Crippen molar-refractivity contribution in [2.45, 2.75) is 63.7 Å². The quantitative estimate of drug-likeness (QED) is 0.745. The summed E-state index contributed by atoms with van der Waals surface area (Å²) in [6, 6.07) is 0. The highest BCUT2D eigenvalue weighted by Gasteiger charge is 2.66. The summed E-state index contributed by atoms with van der Waals surface area (Å²) >= 11 is 0. The second-order valence-corrected chi connectivity index (χ2v) is 6.10. The summed E-state index contributed by atoms with van der Waals surface area (Å²) in [6.07, 6.45) is 0.345. The van der Waals surface area contributed by atoms with Gasteiger partial charge in [-0.1, -0.05) is 0 Å². The summed E-state index contributed by atoms with van der Waals surface area (Å²) in [6.45, 7) is 7.85. The van der Waals surface area contributed by atoms with Crippen LogP contribution in [0.2, 0.25) is 0 Å². The van der Waals surface area contributed by atoms with Crippen LogP contribution >= 0.6 is 0 Å². The summed E-state index contributed by atoms with van der Waals surface area (Å²) in [5.74, 6) is -2.58. The van der Waals surface area contributed by atoms with E-state index in [9.17, 15) is 5.11 Å². The Morgan fingerprint density at radius 2 is 1.65 bits per heavy atom. The third-order valence-electron chi connectivity index (χ3n) is 3.70. The molecule has 17 heavy (non-hydrogen) atoms. The molecule has 4 unspecified atom stereocenters. The minimum absolute atomic E-state index is 0.00810. The maximum Gasteiger partial charge on any atom is 0.179 e. The molecule has 0 radical (unpaired) electrons. The van der Waals surface area contributed by atoms with Crippen molar-refractivity contribution in [3.8, 4) is 0 Å². The monoisotopic (exact) mass is 244 g/mol. The standard InChI is InChI=1S/C12H20O5/c1-10(2)14-6-8(16-10)9-7-5-12(9,13)17-11(3,4)15-7/h7-9,13H,5-6H2,1-4H3. The third kappa shape index (κ3) is 1.81. The van der Waals surface area contributed by atoms with E-state index in [-0.39, 0.29) is 18.1 Å². The van der Waals surface area contributed by atoms with Gasteiger partial charge in [0.25, 0.3) is 0 Å². The lowest BCUT2D eigenvalue weighted by Gasteiger charge is -2.60. The predicted octanol–water partition coefficient (Wildman–Crippen LogP) is 0.998. The number of ether oxygens (including phenoxy) is 4. The summed E-state index contributed by atoms with van der Waals surface area (Å²) in [5.41, 5.74) is 0. The Morgan fingerprint density at radius 3 is 2.18 bits per heavy atom. The van der Waals surface area contributed by atoms with Crippen molar-refractivity contribution in [3.63, 3.8) is 0 Å². The zero-order chi connectivity index (χ0) is 12.5. The van der Waals surface area contributed by atoms with Crippen LogP contribution in [0.3, 0.4) is 0 Å². The van der Waals surface area contributed by atoms with Crippen LogP contribution in [0.5, 0.6) is 0 Å². The van der Waals surface area contributed by atoms with Gasteiger partial charge >= 0.3 is 0 Å². The van der Waals surface area contributed by atoms with Gasteiger partial charge in [0, 0.05) is 6.42 Å². The normalized spacial score (nSPS) is 51.0. The van der Waals surface area contributed by atoms with E-state index in [1.807, 2.05) is 27.7 Å². The largest absolute Gasteiger partial charge is 0.365 e. The fourth-order valence-electron chi connectivity index (χ4n) is 3.14. The average Bonchev–Trinajstić information content (AvgIpc) is 2.41. The molecule has 1 saturated carbocycles. The molecule has 3 aliphatic rings. The zero-order valence-corrected chi connectivity index (χ0v) is 10.7. The Labute approximate surface area is 101 Å². The lowest BCUT2D eigenvalue weighted by molar-refractivity contribution is -0.483. The van der Waals surface area contributed by atoms with E-state index in [0.717, 1.165) is 0 Å². The van der Waals surface area contributed by atoms with Crippen molar-refractivity contribution in [1.29, 1.82) is 0 Å². The summed E-state index contributed by atoms with van der Waals surface area (Å²) in [4.78, 5) is 0. The molecule has 2 aliphatic heterocycles. The van der Waals surface area contributed by atoms with Gasteiger partial charge in [0.2, 0.25) is 0 Å². The van der Waals surface area contributed by atoms with E-state index in [1.54, 1.807) is 0 Å². The maximum absolute atomic E-state index is 10.4. The van der Waals surface area contributed by atoms with Gasteiger partial charge in [0.15, 0.2) is 17.4 Å². The second-order valence-electron chi connectivity index (χ2n) is 6.10. The smallest absolute Gasteiger partial charge is 0.179 e. The van der Waals surface area contributed by atoms with Crippen molar-refractivity contribution in [2.75, 3.05) is 6.61 Å². The van der Waals surface area contributed by atoms with E-state index >= 15 is 0 Å². The van der Waals surface area contributed by atoms with Crippen LogP contribution in [0.1, 0.15) is 34.1 Å². The molecule has 4 atom stereocenters. The van der Waals surface area contributed by atoms with Crippen LogP contribution in [0.25, 0.3) is 0 Å². The summed E-state index contributed by atoms with van der Waals surface area (Å²) < 4.78 is 22.7.